The molecular formula is C24H43N3O5. The van der Waals surface area contributed by atoms with E-state index in [1.54, 1.807) is 9.80 Å². The summed E-state index contributed by atoms with van der Waals surface area (Å²) in [5.74, 6) is 0.172. The second kappa shape index (κ2) is 10.3. The fourth-order valence-corrected chi connectivity index (χ4v) is 4.28. The van der Waals surface area contributed by atoms with E-state index < -0.39 is 23.3 Å². The van der Waals surface area contributed by atoms with E-state index in [9.17, 15) is 14.4 Å². The van der Waals surface area contributed by atoms with Crippen LogP contribution in [-0.4, -0.2) is 82.3 Å². The number of nitrogens with zero attached hydrogens (tertiary/aromatic N) is 3. The lowest BCUT2D eigenvalue weighted by Crippen LogP contribution is -2.53. The minimum Gasteiger partial charge on any atom is -0.444 e. The van der Waals surface area contributed by atoms with Gasteiger partial charge in [-0.3, -0.25) is 9.69 Å². The van der Waals surface area contributed by atoms with Gasteiger partial charge in [0.1, 0.15) is 17.2 Å². The summed E-state index contributed by atoms with van der Waals surface area (Å²) >= 11 is 0. The van der Waals surface area contributed by atoms with E-state index in [0.717, 1.165) is 19.3 Å². The first-order chi connectivity index (χ1) is 14.7. The molecular weight excluding hydrogens is 410 g/mol. The molecule has 2 atom stereocenters. The molecule has 1 unspecified atom stereocenters. The molecule has 32 heavy (non-hydrogen) atoms. The number of hydrogen-bond acceptors (Lipinski definition) is 5. The van der Waals surface area contributed by atoms with Crippen molar-refractivity contribution < 1.29 is 23.9 Å². The van der Waals surface area contributed by atoms with Gasteiger partial charge >= 0.3 is 12.2 Å². The second-order valence-electron chi connectivity index (χ2n) is 11.4. The van der Waals surface area contributed by atoms with Gasteiger partial charge in [-0.1, -0.05) is 0 Å². The molecule has 0 saturated carbocycles. The van der Waals surface area contributed by atoms with E-state index in [4.69, 9.17) is 9.47 Å². The van der Waals surface area contributed by atoms with Crippen LogP contribution in [0.1, 0.15) is 81.1 Å². The van der Waals surface area contributed by atoms with Gasteiger partial charge in [-0.05, 0) is 87.0 Å². The maximum Gasteiger partial charge on any atom is 0.410 e. The van der Waals surface area contributed by atoms with Crippen LogP contribution >= 0.6 is 0 Å². The van der Waals surface area contributed by atoms with E-state index >= 15 is 0 Å². The van der Waals surface area contributed by atoms with Gasteiger partial charge in [0.05, 0.1) is 0 Å². The van der Waals surface area contributed by atoms with Gasteiger partial charge in [-0.15, -0.1) is 0 Å². The molecule has 8 nitrogen and oxygen atoms in total. The lowest BCUT2D eigenvalue weighted by molar-refractivity contribution is -0.137. The first kappa shape index (κ1) is 26.3. The van der Waals surface area contributed by atoms with Gasteiger partial charge in [0, 0.05) is 32.2 Å². The van der Waals surface area contributed by atoms with Crippen molar-refractivity contribution >= 4 is 18.1 Å². The predicted octanol–water partition coefficient (Wildman–Crippen LogP) is 4.27. The second-order valence-corrected chi connectivity index (χ2v) is 11.4. The average molecular weight is 454 g/mol. The van der Waals surface area contributed by atoms with Crippen LogP contribution in [0.5, 0.6) is 0 Å². The molecule has 8 heteroatoms. The topological polar surface area (TPSA) is 79.4 Å². The first-order valence-corrected chi connectivity index (χ1v) is 12.0. The summed E-state index contributed by atoms with van der Waals surface area (Å²) in [5, 5.41) is 0. The van der Waals surface area contributed by atoms with Crippen molar-refractivity contribution in [1.82, 2.24) is 14.7 Å². The zero-order chi connectivity index (χ0) is 24.3. The molecule has 2 aliphatic rings. The molecule has 0 N–H and O–H groups in total. The highest BCUT2D eigenvalue weighted by molar-refractivity contribution is 5.86. The van der Waals surface area contributed by atoms with Gasteiger partial charge in [0.25, 0.3) is 0 Å². The highest BCUT2D eigenvalue weighted by Crippen LogP contribution is 2.26. The Morgan fingerprint density at radius 1 is 0.938 bits per heavy atom. The fraction of sp³-hybridized carbons (Fsp3) is 0.875. The molecule has 3 amide bonds. The van der Waals surface area contributed by atoms with Crippen molar-refractivity contribution in [3.63, 3.8) is 0 Å². The number of piperidine rings is 1. The maximum absolute atomic E-state index is 13.3. The molecule has 0 bridgehead atoms. The Bertz CT molecular complexity index is 680. The number of hydrogen-bond donors (Lipinski definition) is 0. The predicted molar refractivity (Wildman–Crippen MR) is 123 cm³/mol. The van der Waals surface area contributed by atoms with Crippen molar-refractivity contribution in [3.05, 3.63) is 0 Å². The number of likely N-dealkylation sites (tertiary alicyclic amines) is 2. The summed E-state index contributed by atoms with van der Waals surface area (Å²) in [4.78, 5) is 43.8. The molecule has 0 aromatic heterocycles. The Morgan fingerprint density at radius 2 is 1.53 bits per heavy atom. The summed E-state index contributed by atoms with van der Waals surface area (Å²) in [6.07, 6.45) is 2.56. The molecule has 0 radical (unpaired) electrons. The van der Waals surface area contributed by atoms with Crippen LogP contribution in [0.25, 0.3) is 0 Å². The normalized spacial score (nSPS) is 22.2. The molecule has 184 valence electrons. The van der Waals surface area contributed by atoms with Crippen LogP contribution in [0.3, 0.4) is 0 Å². The Labute approximate surface area is 193 Å². The van der Waals surface area contributed by atoms with Crippen LogP contribution < -0.4 is 0 Å². The third-order valence-electron chi connectivity index (χ3n) is 5.70. The number of ether oxygens (including phenoxy) is 2. The van der Waals surface area contributed by atoms with E-state index in [1.807, 2.05) is 60.3 Å². The summed E-state index contributed by atoms with van der Waals surface area (Å²) in [6, 6.07) is -0.455. The number of amides is 3. The van der Waals surface area contributed by atoms with Gasteiger partial charge < -0.3 is 19.3 Å². The van der Waals surface area contributed by atoms with Gasteiger partial charge in [-0.25, -0.2) is 9.59 Å². The largest absolute Gasteiger partial charge is 0.444 e. The van der Waals surface area contributed by atoms with Crippen LogP contribution in [0.15, 0.2) is 0 Å². The highest BCUT2D eigenvalue weighted by Gasteiger charge is 2.40. The van der Waals surface area contributed by atoms with Gasteiger partial charge in [0.15, 0.2) is 0 Å². The van der Waals surface area contributed by atoms with Crippen LogP contribution in [-0.2, 0) is 14.3 Å². The molecule has 2 rings (SSSR count). The van der Waals surface area contributed by atoms with E-state index in [-0.39, 0.29) is 24.0 Å². The SMILES string of the molecule is CC(C)N(CC1CCCN(C(=O)[C@@H]2CCCN2C(=O)OC(C)(C)C)C1)C(=O)OC(C)(C)C. The number of carbonyl (C=O) groups excluding carboxylic acids is 3. The van der Waals surface area contributed by atoms with Gasteiger partial charge in [-0.2, -0.15) is 0 Å². The van der Waals surface area contributed by atoms with E-state index in [2.05, 4.69) is 0 Å². The minimum atomic E-state index is -0.592. The minimum absolute atomic E-state index is 0.00780. The van der Waals surface area contributed by atoms with Crippen molar-refractivity contribution in [2.45, 2.75) is 104 Å². The number of rotatable bonds is 4. The zero-order valence-corrected chi connectivity index (χ0v) is 21.3. The number of carbonyl (C=O) groups is 3. The molecule has 2 fully saturated rings. The molecule has 0 spiro atoms. The molecule has 0 aliphatic carbocycles. The third kappa shape index (κ3) is 7.55. The summed E-state index contributed by atoms with van der Waals surface area (Å²) < 4.78 is 11.1. The maximum atomic E-state index is 13.3. The Balaban J connectivity index is 2.02. The standard InChI is InChI=1S/C24H43N3O5/c1-17(2)27(22(30)32-24(6,7)8)16-18-11-9-13-25(15-18)20(28)19-12-10-14-26(19)21(29)31-23(3,4)5/h17-19H,9-16H2,1-8H3/t18?,19-/m0/s1. The Hall–Kier alpha value is -1.99. The molecule has 2 aliphatic heterocycles. The lowest BCUT2D eigenvalue weighted by atomic mass is 9.96. The average Bonchev–Trinajstić information content (AvgIpc) is 3.12. The Morgan fingerprint density at radius 3 is 2.09 bits per heavy atom. The van der Waals surface area contributed by atoms with E-state index in [1.165, 1.54) is 0 Å². The highest BCUT2D eigenvalue weighted by atomic mass is 16.6. The lowest BCUT2D eigenvalue weighted by Gasteiger charge is -2.39. The molecule has 2 saturated heterocycles. The monoisotopic (exact) mass is 453 g/mol. The molecule has 0 aromatic rings. The fourth-order valence-electron chi connectivity index (χ4n) is 4.28. The summed E-state index contributed by atoms with van der Waals surface area (Å²) in [5.41, 5.74) is -1.14. The van der Waals surface area contributed by atoms with Crippen molar-refractivity contribution in [3.8, 4) is 0 Å². The smallest absolute Gasteiger partial charge is 0.410 e. The summed E-state index contributed by atoms with van der Waals surface area (Å²) in [7, 11) is 0. The quantitative estimate of drug-likeness (QED) is 0.635. The van der Waals surface area contributed by atoms with Crippen LogP contribution in [0.2, 0.25) is 0 Å². The van der Waals surface area contributed by atoms with Crippen molar-refractivity contribution in [1.29, 1.82) is 0 Å². The first-order valence-electron chi connectivity index (χ1n) is 12.0. The van der Waals surface area contributed by atoms with E-state index in [0.29, 0.717) is 32.6 Å². The molecule has 2 heterocycles. The molecule has 0 aromatic carbocycles. The van der Waals surface area contributed by atoms with Crippen molar-refractivity contribution in [2.75, 3.05) is 26.2 Å². The van der Waals surface area contributed by atoms with Crippen LogP contribution in [0, 0.1) is 5.92 Å². The summed E-state index contributed by atoms with van der Waals surface area (Å²) in [6.45, 7) is 17.4. The van der Waals surface area contributed by atoms with Crippen molar-refractivity contribution in [2.24, 2.45) is 5.92 Å². The Kier molecular flexibility index (Phi) is 8.45. The van der Waals surface area contributed by atoms with Crippen LogP contribution in [0.4, 0.5) is 9.59 Å². The van der Waals surface area contributed by atoms with Gasteiger partial charge in [0.2, 0.25) is 5.91 Å². The third-order valence-corrected chi connectivity index (χ3v) is 5.70. The zero-order valence-electron chi connectivity index (χ0n) is 21.3.